The Kier molecular flexibility index (Phi) is 5.08. The Hall–Kier alpha value is -0.610. The van der Waals surface area contributed by atoms with Crippen LogP contribution in [0.25, 0.3) is 0 Å². The molecule has 0 spiro atoms. The number of carbonyl (C=O) groups is 1. The van der Waals surface area contributed by atoms with Gasteiger partial charge in [0.05, 0.1) is 12.1 Å². The van der Waals surface area contributed by atoms with Crippen molar-refractivity contribution in [2.24, 2.45) is 5.92 Å². The van der Waals surface area contributed by atoms with Crippen molar-refractivity contribution in [3.63, 3.8) is 0 Å². The molecule has 1 saturated heterocycles. The van der Waals surface area contributed by atoms with Gasteiger partial charge in [-0.1, -0.05) is 13.8 Å². The topological polar surface area (TPSA) is 38.8 Å². The number of carbonyl (C=O) groups excluding carboxylic acids is 1. The lowest BCUT2D eigenvalue weighted by molar-refractivity contribution is -0.202. The standard InChI is InChI=1S/C16H29NO3/c1-5-16(3)15(18)17(9-6-10-19-4)13-11-12(2)7-8-14(13)20-16/h12-14H,5-11H2,1-4H3/t12-,13?,14+,16?/m1/s1. The summed E-state index contributed by atoms with van der Waals surface area (Å²) in [4.78, 5) is 14.9. The number of methoxy groups -OCH3 is 1. The number of rotatable bonds is 5. The van der Waals surface area contributed by atoms with Crippen molar-refractivity contribution in [3.05, 3.63) is 0 Å². The summed E-state index contributed by atoms with van der Waals surface area (Å²) < 4.78 is 11.3. The molecular weight excluding hydrogens is 254 g/mol. The van der Waals surface area contributed by atoms with Gasteiger partial charge in [0, 0.05) is 20.3 Å². The van der Waals surface area contributed by atoms with Crippen LogP contribution in [-0.2, 0) is 14.3 Å². The lowest BCUT2D eigenvalue weighted by Gasteiger charge is -2.51. The molecule has 0 bridgehead atoms. The van der Waals surface area contributed by atoms with E-state index in [-0.39, 0.29) is 18.1 Å². The molecule has 0 aromatic rings. The van der Waals surface area contributed by atoms with Gasteiger partial charge in [0.15, 0.2) is 0 Å². The number of morpholine rings is 1. The minimum atomic E-state index is -0.630. The Morgan fingerprint density at radius 1 is 1.45 bits per heavy atom. The third kappa shape index (κ3) is 3.01. The smallest absolute Gasteiger partial charge is 0.254 e. The van der Waals surface area contributed by atoms with Crippen LogP contribution in [0.15, 0.2) is 0 Å². The molecule has 1 aliphatic heterocycles. The van der Waals surface area contributed by atoms with Crippen LogP contribution in [0.2, 0.25) is 0 Å². The van der Waals surface area contributed by atoms with Gasteiger partial charge >= 0.3 is 0 Å². The van der Waals surface area contributed by atoms with Gasteiger partial charge in [-0.25, -0.2) is 0 Å². The van der Waals surface area contributed by atoms with Crippen LogP contribution in [0.4, 0.5) is 0 Å². The van der Waals surface area contributed by atoms with Crippen LogP contribution in [-0.4, -0.2) is 48.8 Å². The second-order valence-corrected chi connectivity index (χ2v) is 6.57. The zero-order valence-corrected chi connectivity index (χ0v) is 13.4. The maximum absolute atomic E-state index is 12.8. The summed E-state index contributed by atoms with van der Waals surface area (Å²) in [7, 11) is 1.71. The predicted molar refractivity (Wildman–Crippen MR) is 78.6 cm³/mol. The van der Waals surface area contributed by atoms with Crippen molar-refractivity contribution < 1.29 is 14.3 Å². The fraction of sp³-hybridized carbons (Fsp3) is 0.938. The highest BCUT2D eigenvalue weighted by Crippen LogP contribution is 2.38. The van der Waals surface area contributed by atoms with E-state index in [1.807, 2.05) is 13.8 Å². The van der Waals surface area contributed by atoms with Gasteiger partial charge in [0.25, 0.3) is 5.91 Å². The van der Waals surface area contributed by atoms with Crippen LogP contribution >= 0.6 is 0 Å². The first-order valence-corrected chi connectivity index (χ1v) is 7.99. The maximum atomic E-state index is 12.8. The van der Waals surface area contributed by atoms with E-state index in [1.54, 1.807) is 7.11 Å². The van der Waals surface area contributed by atoms with E-state index in [9.17, 15) is 4.79 Å². The first-order valence-electron chi connectivity index (χ1n) is 7.99. The van der Waals surface area contributed by atoms with Crippen LogP contribution in [0, 0.1) is 5.92 Å². The van der Waals surface area contributed by atoms with Gasteiger partial charge in [0.2, 0.25) is 0 Å². The van der Waals surface area contributed by atoms with E-state index < -0.39 is 5.60 Å². The molecule has 2 rings (SSSR count). The van der Waals surface area contributed by atoms with Crippen molar-refractivity contribution in [3.8, 4) is 0 Å². The number of ether oxygens (including phenoxy) is 2. The summed E-state index contributed by atoms with van der Waals surface area (Å²) in [5.74, 6) is 0.856. The average Bonchev–Trinajstić information content (AvgIpc) is 2.44. The van der Waals surface area contributed by atoms with Gasteiger partial charge in [-0.3, -0.25) is 4.79 Å². The van der Waals surface area contributed by atoms with Gasteiger partial charge < -0.3 is 14.4 Å². The fourth-order valence-electron chi connectivity index (χ4n) is 3.51. The molecule has 2 fully saturated rings. The fourth-order valence-corrected chi connectivity index (χ4v) is 3.51. The van der Waals surface area contributed by atoms with E-state index in [0.29, 0.717) is 12.5 Å². The Morgan fingerprint density at radius 3 is 2.85 bits per heavy atom. The highest BCUT2D eigenvalue weighted by molar-refractivity contribution is 5.86. The zero-order chi connectivity index (χ0) is 14.8. The molecule has 2 unspecified atom stereocenters. The van der Waals surface area contributed by atoms with Crippen LogP contribution in [0.5, 0.6) is 0 Å². The molecule has 20 heavy (non-hydrogen) atoms. The second kappa shape index (κ2) is 6.44. The lowest BCUT2D eigenvalue weighted by Crippen LogP contribution is -2.64. The first kappa shape index (κ1) is 15.8. The van der Waals surface area contributed by atoms with Gasteiger partial charge in [-0.15, -0.1) is 0 Å². The molecule has 1 aliphatic carbocycles. The molecule has 4 nitrogen and oxygen atoms in total. The molecule has 2 aliphatic rings. The number of fused-ring (bicyclic) bond motifs is 1. The molecule has 1 amide bonds. The molecule has 0 aromatic heterocycles. The van der Waals surface area contributed by atoms with Crippen molar-refractivity contribution >= 4 is 5.91 Å². The van der Waals surface area contributed by atoms with Gasteiger partial charge in [-0.2, -0.15) is 0 Å². The summed E-state index contributed by atoms with van der Waals surface area (Å²) in [6.45, 7) is 7.77. The Labute approximate surface area is 122 Å². The molecule has 0 N–H and O–H groups in total. The summed E-state index contributed by atoms with van der Waals surface area (Å²) >= 11 is 0. The van der Waals surface area contributed by atoms with E-state index >= 15 is 0 Å². The molecule has 1 heterocycles. The predicted octanol–water partition coefficient (Wildman–Crippen LogP) is 2.61. The minimum Gasteiger partial charge on any atom is -0.385 e. The molecule has 4 heteroatoms. The third-order valence-electron chi connectivity index (χ3n) is 4.96. The average molecular weight is 283 g/mol. The molecule has 116 valence electrons. The van der Waals surface area contributed by atoms with Crippen molar-refractivity contribution in [2.75, 3.05) is 20.3 Å². The lowest BCUT2D eigenvalue weighted by atomic mass is 9.81. The number of nitrogens with zero attached hydrogens (tertiary/aromatic N) is 1. The SMILES string of the molecule is CCC1(C)O[C@H]2CC[C@@H](C)CC2N(CCCOC)C1=O. The molecule has 4 atom stereocenters. The van der Waals surface area contributed by atoms with Crippen molar-refractivity contribution in [2.45, 2.75) is 70.6 Å². The van der Waals surface area contributed by atoms with Crippen LogP contribution in [0.3, 0.4) is 0 Å². The largest absolute Gasteiger partial charge is 0.385 e. The van der Waals surface area contributed by atoms with Crippen LogP contribution in [0.1, 0.15) is 52.9 Å². The monoisotopic (exact) mass is 283 g/mol. The van der Waals surface area contributed by atoms with E-state index in [0.717, 1.165) is 32.2 Å². The molecule has 1 saturated carbocycles. The Morgan fingerprint density at radius 2 is 2.20 bits per heavy atom. The van der Waals surface area contributed by atoms with E-state index in [2.05, 4.69) is 11.8 Å². The summed E-state index contributed by atoms with van der Waals surface area (Å²) in [5.41, 5.74) is -0.630. The summed E-state index contributed by atoms with van der Waals surface area (Å²) in [6, 6.07) is 0.266. The number of hydrogen-bond donors (Lipinski definition) is 0. The van der Waals surface area contributed by atoms with Gasteiger partial charge in [-0.05, 0) is 44.9 Å². The Balaban J connectivity index is 2.14. The van der Waals surface area contributed by atoms with Crippen molar-refractivity contribution in [1.29, 1.82) is 0 Å². The third-order valence-corrected chi connectivity index (χ3v) is 4.96. The normalized spacial score (nSPS) is 37.9. The van der Waals surface area contributed by atoms with Gasteiger partial charge in [0.1, 0.15) is 5.60 Å². The molecule has 0 radical (unpaired) electrons. The van der Waals surface area contributed by atoms with Crippen molar-refractivity contribution in [1.82, 2.24) is 4.90 Å². The summed E-state index contributed by atoms with van der Waals surface area (Å²) in [5, 5.41) is 0. The van der Waals surface area contributed by atoms with E-state index in [4.69, 9.17) is 9.47 Å². The highest BCUT2D eigenvalue weighted by Gasteiger charge is 2.49. The van der Waals surface area contributed by atoms with Crippen LogP contribution < -0.4 is 0 Å². The minimum absolute atomic E-state index is 0.173. The second-order valence-electron chi connectivity index (χ2n) is 6.57. The molecular formula is C16H29NO3. The van der Waals surface area contributed by atoms with E-state index in [1.165, 1.54) is 6.42 Å². The number of amides is 1. The number of hydrogen-bond acceptors (Lipinski definition) is 3. The molecule has 0 aromatic carbocycles. The highest BCUT2D eigenvalue weighted by atomic mass is 16.5. The maximum Gasteiger partial charge on any atom is 0.254 e. The quantitative estimate of drug-likeness (QED) is 0.728. The first-order chi connectivity index (χ1) is 9.51. The Bertz CT molecular complexity index is 347. The summed E-state index contributed by atoms with van der Waals surface area (Å²) in [6.07, 6.45) is 5.22. The zero-order valence-electron chi connectivity index (χ0n) is 13.4.